The zero-order valence-corrected chi connectivity index (χ0v) is 12.3. The number of ether oxygens (including phenoxy) is 1. The van der Waals surface area contributed by atoms with Gasteiger partial charge in [0, 0.05) is 18.7 Å². The number of carbonyl (C=O) groups excluding carboxylic acids is 3. The van der Waals surface area contributed by atoms with E-state index in [0.29, 0.717) is 0 Å². The van der Waals surface area contributed by atoms with Crippen LogP contribution in [0.5, 0.6) is 0 Å². The molecule has 1 aromatic rings. The van der Waals surface area contributed by atoms with Crippen LogP contribution in [-0.2, 0) is 14.3 Å². The van der Waals surface area contributed by atoms with Crippen LogP contribution < -0.4 is 5.32 Å². The molecule has 5 nitrogen and oxygen atoms in total. The van der Waals surface area contributed by atoms with E-state index in [2.05, 4.69) is 5.32 Å². The molecule has 1 N–H and O–H groups in total. The van der Waals surface area contributed by atoms with Gasteiger partial charge in [-0.05, 0) is 25.1 Å². The predicted octanol–water partition coefficient (Wildman–Crippen LogP) is 2.64. The van der Waals surface area contributed by atoms with Gasteiger partial charge in [0.05, 0.1) is 5.56 Å². The summed E-state index contributed by atoms with van der Waals surface area (Å²) in [6.07, 6.45) is 5.98. The Labute approximate surface area is 127 Å². The molecule has 0 aromatic heterocycles. The lowest BCUT2D eigenvalue weighted by Gasteiger charge is -2.06. The summed E-state index contributed by atoms with van der Waals surface area (Å²) in [7, 11) is 0. The first kappa shape index (κ1) is 17.3. The highest BCUT2D eigenvalue weighted by Crippen LogP contribution is 2.15. The fourth-order valence-corrected chi connectivity index (χ4v) is 1.53. The smallest absolute Gasteiger partial charge is 0.331 e. The molecular formula is C16H16FNO4. The number of ketones is 1. The summed E-state index contributed by atoms with van der Waals surface area (Å²) in [5.74, 6) is -2.50. The molecule has 0 unspecified atom stereocenters. The SMILES string of the molecule is CC=CC=CC(=O)OCC(=O)c1ccc(NC(C)=O)cc1F. The van der Waals surface area contributed by atoms with Gasteiger partial charge in [-0.1, -0.05) is 18.2 Å². The van der Waals surface area contributed by atoms with Gasteiger partial charge < -0.3 is 10.1 Å². The van der Waals surface area contributed by atoms with Crippen molar-refractivity contribution in [2.45, 2.75) is 13.8 Å². The summed E-state index contributed by atoms with van der Waals surface area (Å²) < 4.78 is 18.5. The number of Topliss-reactive ketones (excluding diaryl/α,β-unsaturated/α-hetero) is 1. The molecule has 0 radical (unpaired) electrons. The monoisotopic (exact) mass is 305 g/mol. The van der Waals surface area contributed by atoms with E-state index < -0.39 is 24.2 Å². The number of allylic oxidation sites excluding steroid dienone is 3. The van der Waals surface area contributed by atoms with Gasteiger partial charge in [0.1, 0.15) is 5.82 Å². The molecular weight excluding hydrogens is 289 g/mol. The Balaban J connectivity index is 2.66. The number of anilines is 1. The van der Waals surface area contributed by atoms with Gasteiger partial charge in [-0.15, -0.1) is 0 Å². The maximum atomic E-state index is 13.8. The summed E-state index contributed by atoms with van der Waals surface area (Å²) >= 11 is 0. The second-order valence-electron chi connectivity index (χ2n) is 4.29. The Hall–Kier alpha value is -2.76. The Morgan fingerprint density at radius 1 is 1.27 bits per heavy atom. The maximum Gasteiger partial charge on any atom is 0.331 e. The molecule has 1 aromatic carbocycles. The molecule has 22 heavy (non-hydrogen) atoms. The summed E-state index contributed by atoms with van der Waals surface area (Å²) in [5.41, 5.74) is 0.0344. The van der Waals surface area contributed by atoms with Crippen molar-refractivity contribution >= 4 is 23.3 Å². The number of hydrogen-bond donors (Lipinski definition) is 1. The Bertz CT molecular complexity index is 635. The standard InChI is InChI=1S/C16H16FNO4/c1-3-4-5-6-16(21)22-10-15(20)13-8-7-12(9-14(13)17)18-11(2)19/h3-9H,10H2,1-2H3,(H,18,19). The minimum absolute atomic E-state index is 0.209. The van der Waals surface area contributed by atoms with Gasteiger partial charge in [0.15, 0.2) is 6.61 Å². The summed E-state index contributed by atoms with van der Waals surface area (Å²) in [5, 5.41) is 2.40. The molecule has 0 bridgehead atoms. The van der Waals surface area contributed by atoms with Crippen molar-refractivity contribution in [3.05, 3.63) is 53.9 Å². The first-order chi connectivity index (χ1) is 10.4. The lowest BCUT2D eigenvalue weighted by molar-refractivity contribution is -0.136. The zero-order chi connectivity index (χ0) is 16.5. The van der Waals surface area contributed by atoms with Crippen molar-refractivity contribution in [2.75, 3.05) is 11.9 Å². The van der Waals surface area contributed by atoms with Gasteiger partial charge in [0.25, 0.3) is 0 Å². The first-order valence-electron chi connectivity index (χ1n) is 6.50. The third kappa shape index (κ3) is 5.70. The summed E-state index contributed by atoms with van der Waals surface area (Å²) in [6, 6.07) is 3.65. The van der Waals surface area contributed by atoms with Crippen LogP contribution in [0.15, 0.2) is 42.5 Å². The van der Waals surface area contributed by atoms with Crippen LogP contribution in [0.25, 0.3) is 0 Å². The van der Waals surface area contributed by atoms with Crippen LogP contribution >= 0.6 is 0 Å². The second kappa shape index (κ2) is 8.51. The van der Waals surface area contributed by atoms with Crippen molar-refractivity contribution in [1.29, 1.82) is 0 Å². The van der Waals surface area contributed by atoms with Crippen molar-refractivity contribution in [3.63, 3.8) is 0 Å². The number of hydrogen-bond acceptors (Lipinski definition) is 4. The van der Waals surface area contributed by atoms with E-state index in [1.54, 1.807) is 19.1 Å². The molecule has 6 heteroatoms. The molecule has 1 amide bonds. The van der Waals surface area contributed by atoms with Gasteiger partial charge >= 0.3 is 5.97 Å². The van der Waals surface area contributed by atoms with Crippen molar-refractivity contribution in [2.24, 2.45) is 0 Å². The highest BCUT2D eigenvalue weighted by atomic mass is 19.1. The highest BCUT2D eigenvalue weighted by Gasteiger charge is 2.14. The van der Waals surface area contributed by atoms with Crippen LogP contribution in [0, 0.1) is 5.82 Å². The van der Waals surface area contributed by atoms with Crippen LogP contribution in [-0.4, -0.2) is 24.3 Å². The lowest BCUT2D eigenvalue weighted by Crippen LogP contribution is -2.14. The van der Waals surface area contributed by atoms with E-state index in [1.807, 2.05) is 0 Å². The van der Waals surface area contributed by atoms with Crippen LogP contribution in [0.1, 0.15) is 24.2 Å². The van der Waals surface area contributed by atoms with Crippen LogP contribution in [0.3, 0.4) is 0 Å². The molecule has 0 saturated carbocycles. The number of amides is 1. The Morgan fingerprint density at radius 2 is 2.00 bits per heavy atom. The third-order valence-corrected chi connectivity index (χ3v) is 2.47. The van der Waals surface area contributed by atoms with Gasteiger partial charge in [-0.2, -0.15) is 0 Å². The average Bonchev–Trinajstić information content (AvgIpc) is 2.44. The maximum absolute atomic E-state index is 13.8. The van der Waals surface area contributed by atoms with Gasteiger partial charge in [0.2, 0.25) is 11.7 Å². The van der Waals surface area contributed by atoms with E-state index in [0.717, 1.165) is 12.1 Å². The normalized spacial score (nSPS) is 10.9. The summed E-state index contributed by atoms with van der Waals surface area (Å²) in [4.78, 5) is 33.9. The third-order valence-electron chi connectivity index (χ3n) is 2.47. The van der Waals surface area contributed by atoms with E-state index in [9.17, 15) is 18.8 Å². The van der Waals surface area contributed by atoms with Crippen molar-refractivity contribution < 1.29 is 23.5 Å². The molecule has 0 fully saturated rings. The lowest BCUT2D eigenvalue weighted by atomic mass is 10.1. The summed E-state index contributed by atoms with van der Waals surface area (Å²) in [6.45, 7) is 2.51. The minimum Gasteiger partial charge on any atom is -0.454 e. The number of halogens is 1. The van der Waals surface area contributed by atoms with Crippen LogP contribution in [0.2, 0.25) is 0 Å². The second-order valence-corrected chi connectivity index (χ2v) is 4.29. The molecule has 0 saturated heterocycles. The number of esters is 1. The molecule has 0 atom stereocenters. The fourth-order valence-electron chi connectivity index (χ4n) is 1.53. The number of carbonyl (C=O) groups is 3. The first-order valence-corrected chi connectivity index (χ1v) is 6.50. The van der Waals surface area contributed by atoms with Crippen LogP contribution in [0.4, 0.5) is 10.1 Å². The predicted molar refractivity (Wildman–Crippen MR) is 79.9 cm³/mol. The zero-order valence-electron chi connectivity index (χ0n) is 12.3. The molecule has 1 rings (SSSR count). The number of rotatable bonds is 6. The fraction of sp³-hybridized carbons (Fsp3) is 0.188. The van der Waals surface area contributed by atoms with Gasteiger partial charge in [-0.25, -0.2) is 9.18 Å². The Kier molecular flexibility index (Phi) is 6.69. The minimum atomic E-state index is -0.795. The molecule has 116 valence electrons. The van der Waals surface area contributed by atoms with Gasteiger partial charge in [-0.3, -0.25) is 9.59 Å². The molecule has 0 aliphatic heterocycles. The number of benzene rings is 1. The molecule has 0 aliphatic carbocycles. The molecule has 0 heterocycles. The Morgan fingerprint density at radius 3 is 2.59 bits per heavy atom. The average molecular weight is 305 g/mol. The highest BCUT2D eigenvalue weighted by molar-refractivity contribution is 5.99. The van der Waals surface area contributed by atoms with E-state index >= 15 is 0 Å². The molecule has 0 aliphatic rings. The van der Waals surface area contributed by atoms with Crippen molar-refractivity contribution in [1.82, 2.24) is 0 Å². The van der Waals surface area contributed by atoms with E-state index in [-0.39, 0.29) is 17.2 Å². The quantitative estimate of drug-likeness (QED) is 0.379. The topological polar surface area (TPSA) is 72.5 Å². The van der Waals surface area contributed by atoms with Crippen molar-refractivity contribution in [3.8, 4) is 0 Å². The molecule has 0 spiro atoms. The van der Waals surface area contributed by atoms with E-state index in [4.69, 9.17) is 4.74 Å². The number of nitrogens with one attached hydrogen (secondary N) is 1. The largest absolute Gasteiger partial charge is 0.454 e. The van der Waals surface area contributed by atoms with E-state index in [1.165, 1.54) is 25.1 Å².